The number of aryl methyl sites for hydroxylation is 1. The molecule has 3 aromatic rings. The quantitative estimate of drug-likeness (QED) is 0.643. The molecule has 0 spiro atoms. The molecular formula is C19H22N6O3S2. The van der Waals surface area contributed by atoms with Gasteiger partial charge in [0.05, 0.1) is 23.2 Å². The van der Waals surface area contributed by atoms with Gasteiger partial charge < -0.3 is 4.74 Å². The van der Waals surface area contributed by atoms with Gasteiger partial charge in [0.15, 0.2) is 0 Å². The number of benzene rings is 1. The van der Waals surface area contributed by atoms with Crippen LogP contribution in [0.3, 0.4) is 0 Å². The van der Waals surface area contributed by atoms with Gasteiger partial charge in [0.25, 0.3) is 10.0 Å². The molecule has 2 atom stereocenters. The monoisotopic (exact) mass is 446 g/mol. The first-order valence-electron chi connectivity index (χ1n) is 9.83. The lowest BCUT2D eigenvalue weighted by Crippen LogP contribution is -2.33. The molecule has 2 aliphatic heterocycles. The van der Waals surface area contributed by atoms with E-state index in [4.69, 9.17) is 4.74 Å². The molecule has 2 aromatic heterocycles. The first-order valence-corrected chi connectivity index (χ1v) is 12.1. The second-order valence-corrected chi connectivity index (χ2v) is 9.94. The summed E-state index contributed by atoms with van der Waals surface area (Å²) in [5.74, 6) is 0.627. The van der Waals surface area contributed by atoms with Crippen molar-refractivity contribution in [2.75, 3.05) is 17.9 Å². The minimum atomic E-state index is -3.75. The molecule has 1 fully saturated rings. The Bertz CT molecular complexity index is 1140. The standard InChI is InChI=1S/C19H22N6O3S2/c1-24-16(6-8-21-24)17-3-2-9-25(17)15-7-10-28-18-11-13(4-5-14(15)18)30(26,27)23-19-20-12-22-29-19/h4-6,8,11-12,15,17H,2-3,7,9-10H2,1H3,(H,20,22,23)/t15-,17+/m0/s1. The molecule has 9 nitrogen and oxygen atoms in total. The van der Waals surface area contributed by atoms with Crippen LogP contribution in [0, 0.1) is 0 Å². The third kappa shape index (κ3) is 3.46. The highest BCUT2D eigenvalue weighted by Crippen LogP contribution is 2.44. The van der Waals surface area contributed by atoms with Crippen molar-refractivity contribution in [3.63, 3.8) is 0 Å². The predicted octanol–water partition coefficient (Wildman–Crippen LogP) is 2.73. The van der Waals surface area contributed by atoms with E-state index in [1.54, 1.807) is 12.1 Å². The van der Waals surface area contributed by atoms with E-state index in [1.165, 1.54) is 12.0 Å². The van der Waals surface area contributed by atoms with Crippen molar-refractivity contribution in [3.05, 3.63) is 48.0 Å². The van der Waals surface area contributed by atoms with Crippen LogP contribution in [0.25, 0.3) is 0 Å². The molecule has 2 aliphatic rings. The zero-order chi connectivity index (χ0) is 20.7. The van der Waals surface area contributed by atoms with Gasteiger partial charge in [-0.25, -0.2) is 13.4 Å². The number of fused-ring (bicyclic) bond motifs is 1. The second kappa shape index (κ2) is 7.64. The summed E-state index contributed by atoms with van der Waals surface area (Å²) in [6.45, 7) is 1.55. The summed E-state index contributed by atoms with van der Waals surface area (Å²) in [5.41, 5.74) is 2.24. The molecule has 1 aromatic carbocycles. The van der Waals surface area contributed by atoms with Crippen LogP contribution >= 0.6 is 11.5 Å². The summed E-state index contributed by atoms with van der Waals surface area (Å²) >= 11 is 0.994. The fourth-order valence-electron chi connectivity index (χ4n) is 4.45. The van der Waals surface area contributed by atoms with Crippen molar-refractivity contribution >= 4 is 26.7 Å². The van der Waals surface area contributed by atoms with Gasteiger partial charge in [-0.15, -0.1) is 0 Å². The first kappa shape index (κ1) is 19.5. The van der Waals surface area contributed by atoms with E-state index in [9.17, 15) is 8.42 Å². The van der Waals surface area contributed by atoms with Gasteiger partial charge in [0.2, 0.25) is 5.13 Å². The van der Waals surface area contributed by atoms with Crippen molar-refractivity contribution < 1.29 is 13.2 Å². The van der Waals surface area contributed by atoms with E-state index in [1.807, 2.05) is 24.0 Å². The summed E-state index contributed by atoms with van der Waals surface area (Å²) < 4.78 is 39.5. The number of aromatic nitrogens is 4. The topological polar surface area (TPSA) is 102 Å². The number of nitrogens with one attached hydrogen (secondary N) is 1. The van der Waals surface area contributed by atoms with Gasteiger partial charge in [0, 0.05) is 48.9 Å². The van der Waals surface area contributed by atoms with E-state index in [0.29, 0.717) is 18.4 Å². The number of ether oxygens (including phenoxy) is 1. The lowest BCUT2D eigenvalue weighted by molar-refractivity contribution is 0.124. The summed E-state index contributed by atoms with van der Waals surface area (Å²) in [6, 6.07) is 7.70. The van der Waals surface area contributed by atoms with Crippen molar-refractivity contribution in [1.82, 2.24) is 24.0 Å². The summed E-state index contributed by atoms with van der Waals surface area (Å²) in [4.78, 5) is 6.55. The SMILES string of the molecule is Cn1nccc1[C@H]1CCCN1[C@H]1CCOc2cc(S(=O)(=O)Nc3ncns3)ccc21. The molecule has 158 valence electrons. The van der Waals surface area contributed by atoms with Crippen LogP contribution < -0.4 is 9.46 Å². The van der Waals surface area contributed by atoms with Crippen molar-refractivity contribution in [3.8, 4) is 5.75 Å². The van der Waals surface area contributed by atoms with Crippen LogP contribution in [0.1, 0.15) is 42.6 Å². The minimum absolute atomic E-state index is 0.154. The van der Waals surface area contributed by atoms with Gasteiger partial charge in [-0.2, -0.15) is 9.47 Å². The van der Waals surface area contributed by atoms with Crippen LogP contribution in [0.15, 0.2) is 41.7 Å². The van der Waals surface area contributed by atoms with Crippen molar-refractivity contribution in [2.45, 2.75) is 36.2 Å². The smallest absolute Gasteiger partial charge is 0.263 e. The Hall–Kier alpha value is -2.50. The first-order chi connectivity index (χ1) is 14.5. The average Bonchev–Trinajstić information content (AvgIpc) is 3.48. The largest absolute Gasteiger partial charge is 0.493 e. The predicted molar refractivity (Wildman–Crippen MR) is 112 cm³/mol. The summed E-state index contributed by atoms with van der Waals surface area (Å²) in [6.07, 6.45) is 6.24. The van der Waals surface area contributed by atoms with Gasteiger partial charge in [-0.3, -0.25) is 14.3 Å². The van der Waals surface area contributed by atoms with E-state index in [-0.39, 0.29) is 16.1 Å². The van der Waals surface area contributed by atoms with Crippen LogP contribution in [0.2, 0.25) is 0 Å². The van der Waals surface area contributed by atoms with Crippen molar-refractivity contribution in [1.29, 1.82) is 0 Å². The summed E-state index contributed by atoms with van der Waals surface area (Å²) in [7, 11) is -1.77. The van der Waals surface area contributed by atoms with Gasteiger partial charge >= 0.3 is 0 Å². The Balaban J connectivity index is 1.44. The number of hydrogen-bond acceptors (Lipinski definition) is 8. The van der Waals surface area contributed by atoms with Crippen LogP contribution in [-0.4, -0.2) is 45.6 Å². The maximum absolute atomic E-state index is 12.7. The molecule has 0 saturated carbocycles. The fourth-order valence-corrected chi connectivity index (χ4v) is 6.12. The third-order valence-corrected chi connectivity index (χ3v) is 7.83. The molecule has 0 radical (unpaired) electrons. The Kier molecular flexibility index (Phi) is 4.95. The second-order valence-electron chi connectivity index (χ2n) is 7.48. The molecule has 30 heavy (non-hydrogen) atoms. The van der Waals surface area contributed by atoms with E-state index in [0.717, 1.165) is 42.9 Å². The number of rotatable bonds is 5. The van der Waals surface area contributed by atoms with E-state index >= 15 is 0 Å². The van der Waals surface area contributed by atoms with Gasteiger partial charge in [-0.05, 0) is 31.5 Å². The summed E-state index contributed by atoms with van der Waals surface area (Å²) in [5, 5.41) is 4.58. The lowest BCUT2D eigenvalue weighted by Gasteiger charge is -2.37. The average molecular weight is 447 g/mol. The number of nitrogens with zero attached hydrogens (tertiary/aromatic N) is 5. The number of likely N-dealkylation sites (tertiary alicyclic amines) is 1. The zero-order valence-corrected chi connectivity index (χ0v) is 18.1. The fraction of sp³-hybridized carbons (Fsp3) is 0.421. The maximum atomic E-state index is 12.7. The number of anilines is 1. The third-order valence-electron chi connectivity index (χ3n) is 5.78. The molecule has 0 bridgehead atoms. The molecule has 1 N–H and O–H groups in total. The lowest BCUT2D eigenvalue weighted by atomic mass is 9.97. The maximum Gasteiger partial charge on any atom is 0.263 e. The molecule has 0 amide bonds. The molecule has 11 heteroatoms. The highest BCUT2D eigenvalue weighted by atomic mass is 32.2. The molecule has 0 aliphatic carbocycles. The highest BCUT2D eigenvalue weighted by Gasteiger charge is 2.37. The zero-order valence-electron chi connectivity index (χ0n) is 16.4. The molecule has 4 heterocycles. The Morgan fingerprint density at radius 1 is 1.23 bits per heavy atom. The molecule has 5 rings (SSSR count). The minimum Gasteiger partial charge on any atom is -0.493 e. The normalized spacial score (nSPS) is 21.9. The van der Waals surface area contributed by atoms with Crippen LogP contribution in [0.5, 0.6) is 5.75 Å². The molecular weight excluding hydrogens is 424 g/mol. The van der Waals surface area contributed by atoms with Crippen LogP contribution in [-0.2, 0) is 17.1 Å². The molecule has 1 saturated heterocycles. The Morgan fingerprint density at radius 3 is 2.90 bits per heavy atom. The Morgan fingerprint density at radius 2 is 2.13 bits per heavy atom. The van der Waals surface area contributed by atoms with Gasteiger partial charge in [0.1, 0.15) is 12.1 Å². The van der Waals surface area contributed by atoms with E-state index in [2.05, 4.69) is 30.1 Å². The molecule has 0 unspecified atom stereocenters. The number of hydrogen-bond donors (Lipinski definition) is 1. The van der Waals surface area contributed by atoms with Crippen LogP contribution in [0.4, 0.5) is 5.13 Å². The number of sulfonamides is 1. The van der Waals surface area contributed by atoms with E-state index < -0.39 is 10.0 Å². The van der Waals surface area contributed by atoms with Gasteiger partial charge in [-0.1, -0.05) is 6.07 Å². The highest BCUT2D eigenvalue weighted by molar-refractivity contribution is 7.93. The van der Waals surface area contributed by atoms with Crippen molar-refractivity contribution in [2.24, 2.45) is 7.05 Å². The Labute approximate surface area is 178 Å².